The summed E-state index contributed by atoms with van der Waals surface area (Å²) in [6.45, 7) is 6.31. The van der Waals surface area contributed by atoms with Crippen molar-refractivity contribution in [2.45, 2.75) is 46.5 Å². The Labute approximate surface area is 80.3 Å². The van der Waals surface area contributed by atoms with Gasteiger partial charge >= 0.3 is 5.97 Å². The Kier molecular flexibility index (Phi) is 2.99. The van der Waals surface area contributed by atoms with E-state index in [4.69, 9.17) is 0 Å². The van der Waals surface area contributed by atoms with E-state index in [1.165, 1.54) is 0 Å². The highest BCUT2D eigenvalue weighted by atomic mass is 16.4. The van der Waals surface area contributed by atoms with Gasteiger partial charge < -0.3 is 5.11 Å². The maximum atomic E-state index is 11.2. The lowest BCUT2D eigenvalue weighted by atomic mass is 9.63. The van der Waals surface area contributed by atoms with Crippen molar-refractivity contribution in [3.63, 3.8) is 0 Å². The zero-order valence-corrected chi connectivity index (χ0v) is 8.84. The van der Waals surface area contributed by atoms with Crippen LogP contribution in [0.4, 0.5) is 0 Å². The number of hydrogen-bond donors (Lipinski definition) is 1. The Morgan fingerprint density at radius 1 is 1.54 bits per heavy atom. The number of aliphatic carboxylic acids is 1. The highest BCUT2D eigenvalue weighted by Gasteiger charge is 2.44. The molecule has 0 aromatic rings. The SMILES string of the molecule is CCC1(C(=O)O)CCC(C)CC1C. The standard InChI is InChI=1S/C11H20O2/c1-4-11(10(12)13)6-5-8(2)7-9(11)3/h8-9H,4-7H2,1-3H3,(H,12,13). The number of hydrogen-bond acceptors (Lipinski definition) is 1. The lowest BCUT2D eigenvalue weighted by Crippen LogP contribution is -2.41. The summed E-state index contributed by atoms with van der Waals surface area (Å²) in [6, 6.07) is 0. The monoisotopic (exact) mass is 184 g/mol. The van der Waals surface area contributed by atoms with Crippen LogP contribution in [0, 0.1) is 17.3 Å². The topological polar surface area (TPSA) is 37.3 Å². The smallest absolute Gasteiger partial charge is 0.309 e. The van der Waals surface area contributed by atoms with Gasteiger partial charge in [-0.05, 0) is 37.5 Å². The number of rotatable bonds is 2. The van der Waals surface area contributed by atoms with Crippen molar-refractivity contribution in [1.82, 2.24) is 0 Å². The van der Waals surface area contributed by atoms with E-state index in [0.717, 1.165) is 25.7 Å². The van der Waals surface area contributed by atoms with E-state index in [-0.39, 0.29) is 0 Å². The first-order chi connectivity index (χ1) is 6.03. The van der Waals surface area contributed by atoms with Crippen LogP contribution >= 0.6 is 0 Å². The van der Waals surface area contributed by atoms with Gasteiger partial charge in [0.25, 0.3) is 0 Å². The Bertz CT molecular complexity index is 200. The van der Waals surface area contributed by atoms with Gasteiger partial charge in [-0.2, -0.15) is 0 Å². The summed E-state index contributed by atoms with van der Waals surface area (Å²) in [4.78, 5) is 11.2. The molecule has 0 aromatic carbocycles. The lowest BCUT2D eigenvalue weighted by Gasteiger charge is -2.40. The van der Waals surface area contributed by atoms with E-state index in [1.54, 1.807) is 0 Å². The predicted molar refractivity (Wildman–Crippen MR) is 52.5 cm³/mol. The first-order valence-corrected chi connectivity index (χ1v) is 5.26. The number of carboxylic acid groups (broad SMARTS) is 1. The minimum absolute atomic E-state index is 0.332. The summed E-state index contributed by atoms with van der Waals surface area (Å²) in [7, 11) is 0. The van der Waals surface area contributed by atoms with Gasteiger partial charge in [-0.15, -0.1) is 0 Å². The van der Waals surface area contributed by atoms with Gasteiger partial charge in [-0.1, -0.05) is 20.8 Å². The molecule has 0 radical (unpaired) electrons. The van der Waals surface area contributed by atoms with Crippen molar-refractivity contribution in [1.29, 1.82) is 0 Å². The summed E-state index contributed by atoms with van der Waals surface area (Å²) in [6.07, 6.45) is 3.78. The van der Waals surface area contributed by atoms with Crippen LogP contribution in [0.15, 0.2) is 0 Å². The predicted octanol–water partition coefficient (Wildman–Crippen LogP) is 2.92. The fraction of sp³-hybridized carbons (Fsp3) is 0.909. The normalized spacial score (nSPS) is 40.2. The third-order valence-corrected chi connectivity index (χ3v) is 3.84. The molecule has 2 nitrogen and oxygen atoms in total. The van der Waals surface area contributed by atoms with Gasteiger partial charge in [0.1, 0.15) is 0 Å². The molecule has 0 saturated heterocycles. The van der Waals surface area contributed by atoms with Crippen LogP contribution in [-0.2, 0) is 4.79 Å². The molecular weight excluding hydrogens is 164 g/mol. The van der Waals surface area contributed by atoms with E-state index in [0.29, 0.717) is 11.8 Å². The largest absolute Gasteiger partial charge is 0.481 e. The van der Waals surface area contributed by atoms with Gasteiger partial charge in [-0.3, -0.25) is 4.79 Å². The molecular formula is C11H20O2. The van der Waals surface area contributed by atoms with E-state index < -0.39 is 11.4 Å². The molecule has 3 unspecified atom stereocenters. The molecule has 13 heavy (non-hydrogen) atoms. The quantitative estimate of drug-likeness (QED) is 0.716. The van der Waals surface area contributed by atoms with E-state index in [9.17, 15) is 9.90 Å². The molecule has 3 atom stereocenters. The molecule has 0 amide bonds. The van der Waals surface area contributed by atoms with Crippen LogP contribution in [-0.4, -0.2) is 11.1 Å². The molecule has 2 heteroatoms. The van der Waals surface area contributed by atoms with E-state index >= 15 is 0 Å². The average Bonchev–Trinajstić information content (AvgIpc) is 2.04. The Balaban J connectivity index is 2.81. The molecule has 1 aliphatic rings. The summed E-state index contributed by atoms with van der Waals surface area (Å²) in [5.41, 5.74) is -0.424. The fourth-order valence-corrected chi connectivity index (χ4v) is 2.69. The van der Waals surface area contributed by atoms with Gasteiger partial charge in [0, 0.05) is 0 Å². The summed E-state index contributed by atoms with van der Waals surface area (Å²) < 4.78 is 0. The molecule has 0 heterocycles. The zero-order chi connectivity index (χ0) is 10.1. The average molecular weight is 184 g/mol. The molecule has 1 fully saturated rings. The fourth-order valence-electron chi connectivity index (χ4n) is 2.69. The van der Waals surface area contributed by atoms with Crippen LogP contribution in [0.25, 0.3) is 0 Å². The number of carboxylic acids is 1. The zero-order valence-electron chi connectivity index (χ0n) is 8.84. The number of carbonyl (C=O) groups is 1. The Morgan fingerprint density at radius 3 is 2.54 bits per heavy atom. The third-order valence-electron chi connectivity index (χ3n) is 3.84. The highest BCUT2D eigenvalue weighted by Crippen LogP contribution is 2.45. The summed E-state index contributed by atoms with van der Waals surface area (Å²) in [5.74, 6) is 0.446. The summed E-state index contributed by atoms with van der Waals surface area (Å²) in [5, 5.41) is 9.25. The molecule has 0 aromatic heterocycles. The minimum Gasteiger partial charge on any atom is -0.481 e. The minimum atomic E-state index is -0.589. The maximum absolute atomic E-state index is 11.2. The van der Waals surface area contributed by atoms with Crippen LogP contribution in [0.1, 0.15) is 46.5 Å². The molecule has 1 saturated carbocycles. The molecule has 0 aliphatic heterocycles. The van der Waals surface area contributed by atoms with Crippen molar-refractivity contribution in [2.24, 2.45) is 17.3 Å². The second kappa shape index (κ2) is 3.69. The molecule has 1 N–H and O–H groups in total. The van der Waals surface area contributed by atoms with Gasteiger partial charge in [-0.25, -0.2) is 0 Å². The van der Waals surface area contributed by atoms with Crippen molar-refractivity contribution in [2.75, 3.05) is 0 Å². The highest BCUT2D eigenvalue weighted by molar-refractivity contribution is 5.75. The first-order valence-electron chi connectivity index (χ1n) is 5.26. The molecule has 0 bridgehead atoms. The third kappa shape index (κ3) is 1.72. The maximum Gasteiger partial charge on any atom is 0.309 e. The molecule has 0 spiro atoms. The van der Waals surface area contributed by atoms with E-state index in [2.05, 4.69) is 13.8 Å². The van der Waals surface area contributed by atoms with Crippen LogP contribution in [0.2, 0.25) is 0 Å². The lowest BCUT2D eigenvalue weighted by molar-refractivity contribution is -0.155. The second-order valence-corrected chi connectivity index (χ2v) is 4.60. The van der Waals surface area contributed by atoms with Crippen LogP contribution in [0.3, 0.4) is 0 Å². The summed E-state index contributed by atoms with van der Waals surface area (Å²) >= 11 is 0. The van der Waals surface area contributed by atoms with Crippen molar-refractivity contribution < 1.29 is 9.90 Å². The molecule has 76 valence electrons. The Morgan fingerprint density at radius 2 is 2.15 bits per heavy atom. The van der Waals surface area contributed by atoms with Gasteiger partial charge in [0.05, 0.1) is 5.41 Å². The van der Waals surface area contributed by atoms with Crippen molar-refractivity contribution in [3.05, 3.63) is 0 Å². The van der Waals surface area contributed by atoms with Crippen molar-refractivity contribution >= 4 is 5.97 Å². The van der Waals surface area contributed by atoms with Crippen LogP contribution < -0.4 is 0 Å². The molecule has 1 rings (SSSR count). The van der Waals surface area contributed by atoms with Crippen molar-refractivity contribution in [3.8, 4) is 0 Å². The van der Waals surface area contributed by atoms with E-state index in [1.807, 2.05) is 6.92 Å². The molecule has 1 aliphatic carbocycles. The van der Waals surface area contributed by atoms with Crippen LogP contribution in [0.5, 0.6) is 0 Å². The first kappa shape index (κ1) is 10.6. The van der Waals surface area contributed by atoms with Gasteiger partial charge in [0.15, 0.2) is 0 Å². The second-order valence-electron chi connectivity index (χ2n) is 4.60. The van der Waals surface area contributed by atoms with Gasteiger partial charge in [0.2, 0.25) is 0 Å². The Hall–Kier alpha value is -0.530.